The topological polar surface area (TPSA) is 99.5 Å². The summed E-state index contributed by atoms with van der Waals surface area (Å²) in [4.78, 5) is 12.8. The van der Waals surface area contributed by atoms with E-state index in [4.69, 9.17) is 26.4 Å². The van der Waals surface area contributed by atoms with Crippen LogP contribution in [0.15, 0.2) is 47.6 Å². The summed E-state index contributed by atoms with van der Waals surface area (Å²) in [7, 11) is 4.47. The van der Waals surface area contributed by atoms with Gasteiger partial charge in [-0.3, -0.25) is 15.5 Å². The normalized spacial score (nSPS) is 10.4. The summed E-state index contributed by atoms with van der Waals surface area (Å²) in [6.45, 7) is 1.96. The van der Waals surface area contributed by atoms with Crippen molar-refractivity contribution in [3.63, 3.8) is 0 Å². The minimum Gasteiger partial charge on any atom is -0.493 e. The minimum atomic E-state index is -0.434. The Bertz CT molecular complexity index is 1100. The smallest absolute Gasteiger partial charge is 0.257 e. The van der Waals surface area contributed by atoms with Crippen LogP contribution in [0.5, 0.6) is 17.2 Å². The first-order chi connectivity index (χ1) is 16.0. The van der Waals surface area contributed by atoms with Crippen LogP contribution in [0.1, 0.15) is 28.7 Å². The van der Waals surface area contributed by atoms with E-state index in [1.807, 2.05) is 37.3 Å². The number of thiocarbonyl (C=S) groups is 1. The molecule has 0 atom stereocenters. The third-order valence-corrected chi connectivity index (χ3v) is 5.79. The average molecular weight is 488 g/mol. The van der Waals surface area contributed by atoms with Crippen LogP contribution in [0, 0.1) is 0 Å². The van der Waals surface area contributed by atoms with Crippen LogP contribution in [0.2, 0.25) is 0 Å². The van der Waals surface area contributed by atoms with Crippen LogP contribution >= 0.6 is 24.0 Å². The van der Waals surface area contributed by atoms with Gasteiger partial charge in [0.1, 0.15) is 0 Å². The Kier molecular flexibility index (Phi) is 8.50. The Morgan fingerprint density at radius 1 is 1.06 bits per heavy atom. The van der Waals surface area contributed by atoms with Gasteiger partial charge in [-0.1, -0.05) is 49.0 Å². The minimum absolute atomic E-state index is 0.102. The Labute approximate surface area is 201 Å². The number of amides is 1. The number of benzene rings is 2. The second kappa shape index (κ2) is 11.5. The highest BCUT2D eigenvalue weighted by Gasteiger charge is 2.19. The fraction of sp³-hybridized carbons (Fsp3) is 0.273. The predicted molar refractivity (Wildman–Crippen MR) is 131 cm³/mol. The number of hydrogen-bond donors (Lipinski definition) is 2. The molecule has 11 heteroatoms. The van der Waals surface area contributed by atoms with Gasteiger partial charge in [-0.15, -0.1) is 10.2 Å². The highest BCUT2D eigenvalue weighted by atomic mass is 32.2. The van der Waals surface area contributed by atoms with Gasteiger partial charge in [0, 0.05) is 17.7 Å². The van der Waals surface area contributed by atoms with Crippen LogP contribution in [0.3, 0.4) is 0 Å². The van der Waals surface area contributed by atoms with Crippen LogP contribution in [-0.4, -0.2) is 47.2 Å². The van der Waals surface area contributed by atoms with Crippen molar-refractivity contribution in [2.24, 2.45) is 0 Å². The van der Waals surface area contributed by atoms with Gasteiger partial charge in [-0.05, 0) is 29.9 Å². The molecule has 0 fully saturated rings. The van der Waals surface area contributed by atoms with Crippen molar-refractivity contribution in [1.29, 1.82) is 0 Å². The van der Waals surface area contributed by atoms with Gasteiger partial charge in [-0.25, -0.2) is 4.68 Å². The van der Waals surface area contributed by atoms with E-state index in [1.165, 1.54) is 33.1 Å². The molecular formula is C22H25N5O4S2. The molecule has 33 heavy (non-hydrogen) atoms. The second-order valence-corrected chi connectivity index (χ2v) is 8.02. The predicted octanol–water partition coefficient (Wildman–Crippen LogP) is 3.42. The zero-order valence-corrected chi connectivity index (χ0v) is 20.4. The van der Waals surface area contributed by atoms with Crippen molar-refractivity contribution in [2.45, 2.75) is 24.3 Å². The van der Waals surface area contributed by atoms with E-state index >= 15 is 0 Å². The molecule has 0 unspecified atom stereocenters. The summed E-state index contributed by atoms with van der Waals surface area (Å²) in [5, 5.41) is 11.9. The summed E-state index contributed by atoms with van der Waals surface area (Å²) >= 11 is 6.89. The Hall–Kier alpha value is -3.31. The van der Waals surface area contributed by atoms with E-state index in [1.54, 1.807) is 16.8 Å². The molecule has 0 radical (unpaired) electrons. The molecule has 1 heterocycles. The molecule has 1 amide bonds. The first-order valence-corrected chi connectivity index (χ1v) is 11.4. The zero-order valence-electron chi connectivity index (χ0n) is 18.7. The second-order valence-electron chi connectivity index (χ2n) is 6.67. The molecule has 3 rings (SSSR count). The van der Waals surface area contributed by atoms with E-state index in [9.17, 15) is 4.79 Å². The van der Waals surface area contributed by atoms with Gasteiger partial charge < -0.3 is 14.2 Å². The van der Waals surface area contributed by atoms with Crippen molar-refractivity contribution in [2.75, 3.05) is 26.8 Å². The molecule has 1 aromatic heterocycles. The van der Waals surface area contributed by atoms with E-state index in [0.29, 0.717) is 40.2 Å². The number of carbonyl (C=O) groups excluding carboxylic acids is 1. The Balaban J connectivity index is 1.73. The maximum atomic E-state index is 12.8. The lowest BCUT2D eigenvalue weighted by atomic mass is 10.1. The van der Waals surface area contributed by atoms with E-state index in [2.05, 4.69) is 20.9 Å². The molecular weight excluding hydrogens is 462 g/mol. The van der Waals surface area contributed by atoms with Crippen LogP contribution < -0.4 is 25.0 Å². The third kappa shape index (κ3) is 5.93. The number of aromatic nitrogens is 3. The molecule has 0 aliphatic carbocycles. The maximum Gasteiger partial charge on any atom is 0.257 e. The molecule has 2 N–H and O–H groups in total. The van der Waals surface area contributed by atoms with Gasteiger partial charge in [0.05, 0.1) is 21.3 Å². The van der Waals surface area contributed by atoms with Crippen molar-refractivity contribution >= 4 is 35.0 Å². The monoisotopic (exact) mass is 487 g/mol. The molecule has 174 valence electrons. The Morgan fingerprint density at radius 3 is 2.30 bits per heavy atom. The van der Waals surface area contributed by atoms with E-state index < -0.39 is 5.91 Å². The lowest BCUT2D eigenvalue weighted by Crippen LogP contribution is -2.38. The van der Waals surface area contributed by atoms with Crippen molar-refractivity contribution < 1.29 is 19.0 Å². The summed E-state index contributed by atoms with van der Waals surface area (Å²) in [5.74, 6) is 2.11. The maximum absolute atomic E-state index is 12.8. The molecule has 2 aromatic carbocycles. The summed E-state index contributed by atoms with van der Waals surface area (Å²) in [6.07, 6.45) is 0.634. The number of methoxy groups -OCH3 is 3. The molecule has 0 bridgehead atoms. The summed E-state index contributed by atoms with van der Waals surface area (Å²) < 4.78 is 17.6. The largest absolute Gasteiger partial charge is 0.493 e. The molecule has 0 saturated carbocycles. The van der Waals surface area contributed by atoms with Crippen LogP contribution in [0.25, 0.3) is 0 Å². The first kappa shape index (κ1) is 24.3. The lowest BCUT2D eigenvalue weighted by molar-refractivity contribution is 0.0976. The highest BCUT2D eigenvalue weighted by molar-refractivity contribution is 7.98. The van der Waals surface area contributed by atoms with Crippen molar-refractivity contribution in [1.82, 2.24) is 20.2 Å². The number of carbonyl (C=O) groups is 1. The lowest BCUT2D eigenvalue weighted by Gasteiger charge is -2.16. The first-order valence-electron chi connectivity index (χ1n) is 10.0. The molecule has 0 aliphatic heterocycles. The van der Waals surface area contributed by atoms with Gasteiger partial charge in [0.15, 0.2) is 22.4 Å². The number of hydrogen-bond acceptors (Lipinski definition) is 8. The standard InChI is InChI=1S/C22H25N5O4S2/c1-5-18-24-25-22(33-13-14-9-7-6-8-10-14)27(18)26-21(32)23-20(28)15-11-16(29-2)19(31-4)17(12-15)30-3/h6-12H,5,13H2,1-4H3,(H2,23,26,28,32). The molecule has 0 saturated heterocycles. The van der Waals surface area contributed by atoms with E-state index in [-0.39, 0.29) is 5.11 Å². The summed E-state index contributed by atoms with van der Waals surface area (Å²) in [6, 6.07) is 13.2. The number of ether oxygens (including phenoxy) is 3. The third-order valence-electron chi connectivity index (χ3n) is 4.59. The van der Waals surface area contributed by atoms with Gasteiger partial charge in [-0.2, -0.15) is 0 Å². The number of thioether (sulfide) groups is 1. The van der Waals surface area contributed by atoms with Gasteiger partial charge in [0.25, 0.3) is 5.91 Å². The summed E-state index contributed by atoms with van der Waals surface area (Å²) in [5.41, 5.74) is 4.47. The van der Waals surface area contributed by atoms with Crippen LogP contribution in [-0.2, 0) is 12.2 Å². The SMILES string of the molecule is CCc1nnc(SCc2ccccc2)n1NC(=S)NC(=O)c1cc(OC)c(OC)c(OC)c1. The number of aryl methyl sites for hydroxylation is 1. The van der Waals surface area contributed by atoms with Crippen molar-refractivity contribution in [3.05, 3.63) is 59.4 Å². The number of nitrogens with zero attached hydrogens (tertiary/aromatic N) is 3. The quantitative estimate of drug-likeness (QED) is 0.347. The molecule has 0 spiro atoms. The number of nitrogens with one attached hydrogen (secondary N) is 2. The van der Waals surface area contributed by atoms with Crippen molar-refractivity contribution in [3.8, 4) is 17.2 Å². The molecule has 9 nitrogen and oxygen atoms in total. The average Bonchev–Trinajstić information content (AvgIpc) is 3.23. The molecule has 0 aliphatic rings. The fourth-order valence-corrected chi connectivity index (χ4v) is 4.02. The van der Waals surface area contributed by atoms with Gasteiger partial charge >= 0.3 is 0 Å². The fourth-order valence-electron chi connectivity index (χ4n) is 2.97. The number of rotatable bonds is 9. The highest BCUT2D eigenvalue weighted by Crippen LogP contribution is 2.38. The zero-order chi connectivity index (χ0) is 23.8. The van der Waals surface area contributed by atoms with Gasteiger partial charge in [0.2, 0.25) is 10.9 Å². The Morgan fingerprint density at radius 2 is 1.73 bits per heavy atom. The molecule has 3 aromatic rings. The van der Waals surface area contributed by atoms with Crippen LogP contribution in [0.4, 0.5) is 0 Å². The van der Waals surface area contributed by atoms with E-state index in [0.717, 1.165) is 11.3 Å².